The Hall–Kier alpha value is -5.24. The van der Waals surface area contributed by atoms with E-state index in [0.717, 1.165) is 24.6 Å². The molecule has 1 amide bonds. The van der Waals surface area contributed by atoms with Gasteiger partial charge >= 0.3 is 0 Å². The molecule has 5 aromatic rings. The minimum Gasteiger partial charge on any atom is -0.451 e. The van der Waals surface area contributed by atoms with E-state index in [1.165, 1.54) is 47.6 Å². The lowest BCUT2D eigenvalue weighted by molar-refractivity contribution is 0.0179. The van der Waals surface area contributed by atoms with Crippen LogP contribution in [0.1, 0.15) is 45.6 Å². The summed E-state index contributed by atoms with van der Waals surface area (Å²) in [6.45, 7) is 0.696. The van der Waals surface area contributed by atoms with Crippen LogP contribution in [0.4, 0.5) is 17.6 Å². The fraction of sp³-hybridized carbons (Fsp3) is 0.161. The molecule has 0 aliphatic rings. The molecular formula is C31H23F4N5O2. The van der Waals surface area contributed by atoms with Crippen molar-refractivity contribution in [3.63, 3.8) is 0 Å². The molecule has 42 heavy (non-hydrogen) atoms. The van der Waals surface area contributed by atoms with Gasteiger partial charge in [-0.05, 0) is 35.9 Å². The van der Waals surface area contributed by atoms with Crippen LogP contribution in [0.5, 0.6) is 0 Å². The Bertz CT molecular complexity index is 1770. The number of alkyl halides is 2. The molecule has 5 rings (SSSR count). The number of carbonyl (C=O) groups excluding carboxylic acids is 1. The summed E-state index contributed by atoms with van der Waals surface area (Å²) in [5.74, 6) is -5.17. The van der Waals surface area contributed by atoms with Gasteiger partial charge in [-0.2, -0.15) is 5.26 Å². The molecule has 0 aliphatic heterocycles. The molecule has 0 fully saturated rings. The molecule has 0 saturated heterocycles. The Labute approximate surface area is 238 Å². The summed E-state index contributed by atoms with van der Waals surface area (Å²) >= 11 is 0. The average molecular weight is 574 g/mol. The lowest BCUT2D eigenvalue weighted by atomic mass is 10.0. The Morgan fingerprint density at radius 1 is 1.02 bits per heavy atom. The maximum absolute atomic E-state index is 14.6. The highest BCUT2D eigenvalue weighted by molar-refractivity contribution is 5.92. The molecule has 0 unspecified atom stereocenters. The van der Waals surface area contributed by atoms with Crippen LogP contribution in [0.3, 0.4) is 0 Å². The standard InChI is InChI=1S/C31H23F4N5O2/c1-31(34,35)25-5-3-2-4-24(25)27-12-13-28(42-27)30(41)39(17-22-10-11-23(32)14-26(22)33)18-29-38-37-19-40(29)16-21-8-6-20(15-36)7-9-21/h2-14,19H,16-18H2,1H3. The molecule has 0 radical (unpaired) electrons. The SMILES string of the molecule is CC(F)(F)c1ccccc1-c1ccc(C(=O)N(Cc2ccc(F)cc2F)Cc2nncn2Cc2ccc(C#N)cc2)o1. The normalized spacial score (nSPS) is 11.3. The van der Waals surface area contributed by atoms with Gasteiger partial charge in [-0.15, -0.1) is 10.2 Å². The third kappa shape index (κ3) is 6.23. The monoisotopic (exact) mass is 573 g/mol. The summed E-state index contributed by atoms with van der Waals surface area (Å²) in [5.41, 5.74) is 1.26. The van der Waals surface area contributed by atoms with Crippen LogP contribution in [0.15, 0.2) is 89.6 Å². The van der Waals surface area contributed by atoms with Crippen molar-refractivity contribution < 1.29 is 26.8 Å². The van der Waals surface area contributed by atoms with E-state index in [1.54, 1.807) is 34.9 Å². The first-order chi connectivity index (χ1) is 20.1. The second-order valence-electron chi connectivity index (χ2n) is 9.68. The van der Waals surface area contributed by atoms with E-state index in [2.05, 4.69) is 16.3 Å². The minimum absolute atomic E-state index is 0.0469. The van der Waals surface area contributed by atoms with Crippen LogP contribution in [-0.2, 0) is 25.6 Å². The third-order valence-electron chi connectivity index (χ3n) is 6.61. The van der Waals surface area contributed by atoms with Crippen molar-refractivity contribution in [3.8, 4) is 17.4 Å². The number of hydrogen-bond acceptors (Lipinski definition) is 5. The van der Waals surface area contributed by atoms with Crippen molar-refractivity contribution >= 4 is 5.91 Å². The summed E-state index contributed by atoms with van der Waals surface area (Å²) in [4.78, 5) is 15.0. The number of carbonyl (C=O) groups is 1. The summed E-state index contributed by atoms with van der Waals surface area (Å²) in [6.07, 6.45) is 1.47. The van der Waals surface area contributed by atoms with Crippen molar-refractivity contribution in [2.75, 3.05) is 0 Å². The Kier molecular flexibility index (Phi) is 7.88. The van der Waals surface area contributed by atoms with Gasteiger partial charge in [0.1, 0.15) is 23.7 Å². The largest absolute Gasteiger partial charge is 0.451 e. The molecule has 11 heteroatoms. The second kappa shape index (κ2) is 11.7. The van der Waals surface area contributed by atoms with Crippen molar-refractivity contribution in [2.45, 2.75) is 32.5 Å². The molecule has 3 aromatic carbocycles. The maximum Gasteiger partial charge on any atom is 0.290 e. The molecule has 0 spiro atoms. The maximum atomic E-state index is 14.6. The van der Waals surface area contributed by atoms with Crippen molar-refractivity contribution in [3.05, 3.63) is 131 Å². The number of furan rings is 1. The van der Waals surface area contributed by atoms with Crippen LogP contribution < -0.4 is 0 Å². The van der Waals surface area contributed by atoms with Gasteiger partial charge in [-0.3, -0.25) is 4.79 Å². The molecular weight excluding hydrogens is 550 g/mol. The summed E-state index contributed by atoms with van der Waals surface area (Å²) in [5, 5.41) is 17.1. The zero-order chi connectivity index (χ0) is 29.9. The number of aromatic nitrogens is 3. The van der Waals surface area contributed by atoms with E-state index in [-0.39, 0.29) is 41.3 Å². The molecule has 0 bridgehead atoms. The quantitative estimate of drug-likeness (QED) is 0.183. The first-order valence-electron chi connectivity index (χ1n) is 12.8. The second-order valence-corrected chi connectivity index (χ2v) is 9.68. The van der Waals surface area contributed by atoms with Gasteiger partial charge in [0.25, 0.3) is 11.8 Å². The van der Waals surface area contributed by atoms with Gasteiger partial charge in [0, 0.05) is 36.2 Å². The smallest absolute Gasteiger partial charge is 0.290 e. The number of rotatable bonds is 9. The Morgan fingerprint density at radius 3 is 2.50 bits per heavy atom. The molecule has 0 N–H and O–H groups in total. The van der Waals surface area contributed by atoms with Gasteiger partial charge in [-0.1, -0.05) is 42.5 Å². The topological polar surface area (TPSA) is 88.0 Å². The molecule has 2 aromatic heterocycles. The molecule has 0 atom stereocenters. The van der Waals surface area contributed by atoms with Crippen molar-refractivity contribution in [1.82, 2.24) is 19.7 Å². The fourth-order valence-corrected chi connectivity index (χ4v) is 4.47. The number of amides is 1. The first-order valence-corrected chi connectivity index (χ1v) is 12.8. The van der Waals surface area contributed by atoms with E-state index in [0.29, 0.717) is 17.9 Å². The van der Waals surface area contributed by atoms with Gasteiger partial charge in [0.15, 0.2) is 11.6 Å². The zero-order valence-electron chi connectivity index (χ0n) is 22.3. The number of benzene rings is 3. The summed E-state index contributed by atoms with van der Waals surface area (Å²) < 4.78 is 64.1. The average Bonchev–Trinajstić information content (AvgIpc) is 3.64. The van der Waals surface area contributed by atoms with Gasteiger partial charge < -0.3 is 13.9 Å². The number of nitrogens with zero attached hydrogens (tertiary/aromatic N) is 5. The highest BCUT2D eigenvalue weighted by Crippen LogP contribution is 2.36. The van der Waals surface area contributed by atoms with Gasteiger partial charge in [-0.25, -0.2) is 17.6 Å². The van der Waals surface area contributed by atoms with Gasteiger partial charge in [0.05, 0.1) is 24.7 Å². The number of hydrogen-bond donors (Lipinski definition) is 0. The molecule has 212 valence electrons. The van der Waals surface area contributed by atoms with E-state index in [9.17, 15) is 22.4 Å². The van der Waals surface area contributed by atoms with E-state index in [1.807, 2.05) is 0 Å². The molecule has 2 heterocycles. The van der Waals surface area contributed by atoms with Crippen molar-refractivity contribution in [2.24, 2.45) is 0 Å². The van der Waals surface area contributed by atoms with E-state index in [4.69, 9.17) is 9.68 Å². The third-order valence-corrected chi connectivity index (χ3v) is 6.61. The predicted octanol–water partition coefficient (Wildman–Crippen LogP) is 6.69. The van der Waals surface area contributed by atoms with E-state index < -0.39 is 23.5 Å². The summed E-state index contributed by atoms with van der Waals surface area (Å²) in [6, 6.07) is 20.6. The van der Waals surface area contributed by atoms with Gasteiger partial charge in [0.2, 0.25) is 0 Å². The lowest BCUT2D eigenvalue weighted by Gasteiger charge is -2.22. The van der Waals surface area contributed by atoms with Crippen LogP contribution >= 0.6 is 0 Å². The van der Waals surface area contributed by atoms with Crippen LogP contribution in [-0.4, -0.2) is 25.6 Å². The highest BCUT2D eigenvalue weighted by atomic mass is 19.3. The lowest BCUT2D eigenvalue weighted by Crippen LogP contribution is -2.31. The predicted molar refractivity (Wildman–Crippen MR) is 144 cm³/mol. The fourth-order valence-electron chi connectivity index (χ4n) is 4.47. The van der Waals surface area contributed by atoms with Crippen LogP contribution in [0.25, 0.3) is 11.3 Å². The highest BCUT2D eigenvalue weighted by Gasteiger charge is 2.30. The van der Waals surface area contributed by atoms with Crippen molar-refractivity contribution in [1.29, 1.82) is 5.26 Å². The van der Waals surface area contributed by atoms with Crippen LogP contribution in [0, 0.1) is 23.0 Å². The summed E-state index contributed by atoms with van der Waals surface area (Å²) in [7, 11) is 0. The Morgan fingerprint density at radius 2 is 1.79 bits per heavy atom. The van der Waals surface area contributed by atoms with E-state index >= 15 is 0 Å². The molecule has 0 aliphatic carbocycles. The first kappa shape index (κ1) is 28.3. The number of nitriles is 1. The minimum atomic E-state index is -3.15. The molecule has 7 nitrogen and oxygen atoms in total. The zero-order valence-corrected chi connectivity index (χ0v) is 22.3. The number of halogens is 4. The molecule has 0 saturated carbocycles. The Balaban J connectivity index is 1.46. The van der Waals surface area contributed by atoms with Crippen LogP contribution in [0.2, 0.25) is 0 Å².